The molecule has 0 spiro atoms. The zero-order valence-corrected chi connectivity index (χ0v) is 18.7. The number of nitrogens with one attached hydrogen (secondary N) is 2. The SMILES string of the molecule is CCNC(=NCc1ccc(-n2ccnc2C)c(F)c1)NCc1cc(C(CC)CC)no1. The van der Waals surface area contributed by atoms with Gasteiger partial charge in [0.05, 0.1) is 24.5 Å². The molecule has 0 radical (unpaired) electrons. The highest BCUT2D eigenvalue weighted by molar-refractivity contribution is 5.79. The fourth-order valence-electron chi connectivity index (χ4n) is 3.47. The first-order chi connectivity index (χ1) is 15.0. The number of hydrogen-bond donors (Lipinski definition) is 2. The average Bonchev–Trinajstić information content (AvgIpc) is 3.40. The first kappa shape index (κ1) is 22.5. The second-order valence-electron chi connectivity index (χ2n) is 7.41. The molecule has 3 rings (SSSR count). The monoisotopic (exact) mass is 426 g/mol. The van der Waals surface area contributed by atoms with Crippen LogP contribution in [0.4, 0.5) is 4.39 Å². The third-order valence-electron chi connectivity index (χ3n) is 5.27. The van der Waals surface area contributed by atoms with Gasteiger partial charge in [0.1, 0.15) is 11.6 Å². The molecule has 0 aliphatic carbocycles. The lowest BCUT2D eigenvalue weighted by atomic mass is 9.99. The van der Waals surface area contributed by atoms with Crippen molar-refractivity contribution < 1.29 is 8.91 Å². The van der Waals surface area contributed by atoms with Gasteiger partial charge < -0.3 is 19.7 Å². The van der Waals surface area contributed by atoms with Gasteiger partial charge >= 0.3 is 0 Å². The van der Waals surface area contributed by atoms with E-state index in [9.17, 15) is 4.39 Å². The second-order valence-corrected chi connectivity index (χ2v) is 7.41. The molecule has 2 N–H and O–H groups in total. The van der Waals surface area contributed by atoms with Crippen molar-refractivity contribution in [1.82, 2.24) is 25.3 Å². The Hall–Kier alpha value is -3.16. The van der Waals surface area contributed by atoms with Crippen LogP contribution < -0.4 is 10.6 Å². The van der Waals surface area contributed by atoms with E-state index >= 15 is 0 Å². The van der Waals surface area contributed by atoms with Crippen molar-refractivity contribution >= 4 is 5.96 Å². The number of hydrogen-bond acceptors (Lipinski definition) is 4. The quantitative estimate of drug-likeness (QED) is 0.390. The molecule has 0 aliphatic heterocycles. The van der Waals surface area contributed by atoms with Crippen molar-refractivity contribution in [1.29, 1.82) is 0 Å². The summed E-state index contributed by atoms with van der Waals surface area (Å²) in [5.41, 5.74) is 2.26. The highest BCUT2D eigenvalue weighted by Crippen LogP contribution is 2.22. The van der Waals surface area contributed by atoms with Gasteiger partial charge in [-0.3, -0.25) is 0 Å². The molecule has 0 saturated heterocycles. The number of aliphatic imine (C=N–C) groups is 1. The smallest absolute Gasteiger partial charge is 0.191 e. The van der Waals surface area contributed by atoms with E-state index in [2.05, 4.69) is 39.6 Å². The normalized spacial score (nSPS) is 11.9. The molecule has 0 unspecified atom stereocenters. The Morgan fingerprint density at radius 1 is 1.19 bits per heavy atom. The van der Waals surface area contributed by atoms with Crippen LogP contribution in [0.3, 0.4) is 0 Å². The van der Waals surface area contributed by atoms with Crippen molar-refractivity contribution in [2.75, 3.05) is 6.54 Å². The van der Waals surface area contributed by atoms with Gasteiger partial charge in [0, 0.05) is 30.9 Å². The Kier molecular flexibility index (Phi) is 7.81. The van der Waals surface area contributed by atoms with Gasteiger partial charge in [-0.05, 0) is 44.4 Å². The van der Waals surface area contributed by atoms with Gasteiger partial charge in [0.25, 0.3) is 0 Å². The van der Waals surface area contributed by atoms with Crippen molar-refractivity contribution in [3.63, 3.8) is 0 Å². The maximum absolute atomic E-state index is 14.6. The minimum Gasteiger partial charge on any atom is -0.359 e. The molecule has 31 heavy (non-hydrogen) atoms. The van der Waals surface area contributed by atoms with Crippen LogP contribution in [0.2, 0.25) is 0 Å². The van der Waals surface area contributed by atoms with Gasteiger partial charge in [-0.15, -0.1) is 0 Å². The minimum absolute atomic E-state index is 0.303. The number of halogens is 1. The van der Waals surface area contributed by atoms with E-state index < -0.39 is 0 Å². The van der Waals surface area contributed by atoms with E-state index in [0.717, 1.165) is 35.7 Å². The van der Waals surface area contributed by atoms with Crippen LogP contribution in [0, 0.1) is 12.7 Å². The summed E-state index contributed by atoms with van der Waals surface area (Å²) in [7, 11) is 0. The fourth-order valence-corrected chi connectivity index (χ4v) is 3.47. The number of rotatable bonds is 9. The maximum Gasteiger partial charge on any atom is 0.191 e. The Balaban J connectivity index is 1.64. The molecule has 3 aromatic rings. The van der Waals surface area contributed by atoms with Crippen LogP contribution in [-0.4, -0.2) is 27.2 Å². The molecule has 0 aliphatic rings. The van der Waals surface area contributed by atoms with E-state index in [1.54, 1.807) is 23.0 Å². The summed E-state index contributed by atoms with van der Waals surface area (Å²) in [4.78, 5) is 8.72. The Bertz CT molecular complexity index is 1010. The zero-order valence-electron chi connectivity index (χ0n) is 18.7. The van der Waals surface area contributed by atoms with Gasteiger partial charge in [-0.1, -0.05) is 25.1 Å². The molecule has 166 valence electrons. The summed E-state index contributed by atoms with van der Waals surface area (Å²) in [5.74, 6) is 2.25. The summed E-state index contributed by atoms with van der Waals surface area (Å²) in [6.45, 7) is 9.70. The van der Waals surface area contributed by atoms with Crippen LogP contribution in [0.1, 0.15) is 62.4 Å². The highest BCUT2D eigenvalue weighted by atomic mass is 19.1. The Morgan fingerprint density at radius 3 is 2.65 bits per heavy atom. The van der Waals surface area contributed by atoms with Crippen LogP contribution in [0.5, 0.6) is 0 Å². The van der Waals surface area contributed by atoms with E-state index in [0.29, 0.717) is 37.2 Å². The third-order valence-corrected chi connectivity index (χ3v) is 5.27. The van der Waals surface area contributed by atoms with Crippen LogP contribution in [0.25, 0.3) is 5.69 Å². The number of aryl methyl sites for hydroxylation is 1. The van der Waals surface area contributed by atoms with Crippen molar-refractivity contribution in [2.45, 2.75) is 59.5 Å². The molecule has 8 heteroatoms. The first-order valence-corrected chi connectivity index (χ1v) is 10.8. The average molecular weight is 427 g/mol. The molecular formula is C23H31FN6O. The number of aromatic nitrogens is 3. The molecule has 1 aromatic carbocycles. The predicted molar refractivity (Wildman–Crippen MR) is 120 cm³/mol. The summed E-state index contributed by atoms with van der Waals surface area (Å²) < 4.78 is 21.8. The fraction of sp³-hybridized carbons (Fsp3) is 0.435. The van der Waals surface area contributed by atoms with E-state index in [1.807, 2.05) is 26.0 Å². The lowest BCUT2D eigenvalue weighted by molar-refractivity contribution is 0.368. The first-order valence-electron chi connectivity index (χ1n) is 10.8. The number of imidazole rings is 1. The second kappa shape index (κ2) is 10.7. The summed E-state index contributed by atoms with van der Waals surface area (Å²) in [6.07, 6.45) is 5.48. The Labute approximate surface area is 182 Å². The molecule has 2 heterocycles. The summed E-state index contributed by atoms with van der Waals surface area (Å²) >= 11 is 0. The predicted octanol–water partition coefficient (Wildman–Crippen LogP) is 4.47. The van der Waals surface area contributed by atoms with E-state index in [1.165, 1.54) is 6.07 Å². The van der Waals surface area contributed by atoms with Gasteiger partial charge in [-0.25, -0.2) is 14.4 Å². The topological polar surface area (TPSA) is 80.3 Å². The minimum atomic E-state index is -0.303. The maximum atomic E-state index is 14.6. The van der Waals surface area contributed by atoms with Gasteiger partial charge in [-0.2, -0.15) is 0 Å². The van der Waals surface area contributed by atoms with Crippen LogP contribution in [0.15, 0.2) is 46.2 Å². The molecule has 0 atom stereocenters. The van der Waals surface area contributed by atoms with Crippen LogP contribution in [-0.2, 0) is 13.1 Å². The van der Waals surface area contributed by atoms with Crippen molar-refractivity contribution in [3.05, 3.63) is 65.3 Å². The number of nitrogens with zero attached hydrogens (tertiary/aromatic N) is 4. The van der Waals surface area contributed by atoms with E-state index in [4.69, 9.17) is 4.52 Å². The Morgan fingerprint density at radius 2 is 2.00 bits per heavy atom. The molecule has 0 saturated carbocycles. The van der Waals surface area contributed by atoms with Gasteiger partial charge in [0.15, 0.2) is 11.7 Å². The molecular weight excluding hydrogens is 395 g/mol. The summed E-state index contributed by atoms with van der Waals surface area (Å²) in [6, 6.07) is 7.15. The number of benzene rings is 1. The summed E-state index contributed by atoms with van der Waals surface area (Å²) in [5, 5.41) is 10.6. The lowest BCUT2D eigenvalue weighted by Gasteiger charge is -2.11. The molecule has 7 nitrogen and oxygen atoms in total. The van der Waals surface area contributed by atoms with Crippen molar-refractivity contribution in [3.8, 4) is 5.69 Å². The molecule has 0 fully saturated rings. The lowest BCUT2D eigenvalue weighted by Crippen LogP contribution is -2.36. The third kappa shape index (κ3) is 5.71. The molecule has 0 bridgehead atoms. The van der Waals surface area contributed by atoms with E-state index in [-0.39, 0.29) is 5.82 Å². The van der Waals surface area contributed by atoms with Crippen LogP contribution >= 0.6 is 0 Å². The molecule has 2 aromatic heterocycles. The number of guanidine groups is 1. The highest BCUT2D eigenvalue weighted by Gasteiger charge is 2.13. The zero-order chi connectivity index (χ0) is 22.2. The van der Waals surface area contributed by atoms with Crippen molar-refractivity contribution in [2.24, 2.45) is 4.99 Å². The van der Waals surface area contributed by atoms with Gasteiger partial charge in [0.2, 0.25) is 0 Å². The largest absolute Gasteiger partial charge is 0.359 e. The standard InChI is InChI=1S/C23H31FN6O/c1-5-18(6-2)21-13-19(31-29-21)15-28-23(25-7-3)27-14-17-8-9-22(20(24)12-17)30-11-10-26-16(30)4/h8-13,18H,5-7,14-15H2,1-4H3,(H2,25,27,28). The molecule has 0 amide bonds.